The predicted molar refractivity (Wildman–Crippen MR) is 121 cm³/mol. The minimum absolute atomic E-state index is 0.00973. The number of rotatable bonds is 9. The zero-order chi connectivity index (χ0) is 24.8. The van der Waals surface area contributed by atoms with Crippen molar-refractivity contribution in [3.8, 4) is 11.1 Å². The number of hydrogen-bond donors (Lipinski definition) is 3. The van der Waals surface area contributed by atoms with Crippen molar-refractivity contribution < 1.29 is 33.7 Å². The third-order valence-corrected chi connectivity index (χ3v) is 5.19. The van der Waals surface area contributed by atoms with Crippen LogP contribution in [0.3, 0.4) is 0 Å². The number of carbonyl (C=O) groups is 3. The number of carboxylic acids is 1. The van der Waals surface area contributed by atoms with Crippen LogP contribution in [0.4, 0.5) is 9.18 Å². The van der Waals surface area contributed by atoms with Crippen molar-refractivity contribution in [3.05, 3.63) is 59.9 Å². The average molecular weight is 460 g/mol. The molecule has 2 aromatic carbocycles. The third-order valence-electron chi connectivity index (χ3n) is 5.19. The van der Waals surface area contributed by atoms with Gasteiger partial charge in [0.2, 0.25) is 0 Å². The Kier molecular flexibility index (Phi) is 8.33. The molecule has 0 aliphatic heterocycles. The predicted octanol–water partition coefficient (Wildman–Crippen LogP) is 3.97. The summed E-state index contributed by atoms with van der Waals surface area (Å²) >= 11 is 0. The number of halogens is 1. The van der Waals surface area contributed by atoms with Gasteiger partial charge in [-0.2, -0.15) is 0 Å². The van der Waals surface area contributed by atoms with Crippen LogP contribution in [0.25, 0.3) is 11.1 Å². The molecule has 0 heterocycles. The molecule has 0 radical (unpaired) electrons. The summed E-state index contributed by atoms with van der Waals surface area (Å²) in [6, 6.07) is 11.9. The molecular formula is C25H30FNO6. The minimum Gasteiger partial charge on any atom is -0.481 e. The number of aliphatic carboxylic acids is 1. The molecule has 0 bridgehead atoms. The molecule has 1 unspecified atom stereocenters. The van der Waals surface area contributed by atoms with Crippen LogP contribution < -0.4 is 5.32 Å². The van der Waals surface area contributed by atoms with Gasteiger partial charge in [0, 0.05) is 6.61 Å². The highest BCUT2D eigenvalue weighted by Gasteiger charge is 2.44. The van der Waals surface area contributed by atoms with Gasteiger partial charge >= 0.3 is 12.1 Å². The first-order valence-corrected chi connectivity index (χ1v) is 10.6. The monoisotopic (exact) mass is 459 g/mol. The summed E-state index contributed by atoms with van der Waals surface area (Å²) in [5.41, 5.74) is -0.609. The van der Waals surface area contributed by atoms with E-state index in [1.54, 1.807) is 57.2 Å². The average Bonchev–Trinajstić information content (AvgIpc) is 2.72. The molecular weight excluding hydrogens is 429 g/mol. The summed E-state index contributed by atoms with van der Waals surface area (Å²) in [5, 5.41) is 21.4. The van der Waals surface area contributed by atoms with Gasteiger partial charge in [0.1, 0.15) is 16.8 Å². The second-order valence-corrected chi connectivity index (χ2v) is 9.09. The highest BCUT2D eigenvalue weighted by atomic mass is 19.1. The second-order valence-electron chi connectivity index (χ2n) is 9.09. The van der Waals surface area contributed by atoms with E-state index in [-0.39, 0.29) is 18.7 Å². The number of ether oxygens (including phenoxy) is 1. The Hall–Kier alpha value is -3.26. The third kappa shape index (κ3) is 7.12. The summed E-state index contributed by atoms with van der Waals surface area (Å²) in [5.74, 6) is -2.50. The molecule has 0 aliphatic rings. The van der Waals surface area contributed by atoms with Gasteiger partial charge < -0.3 is 20.3 Å². The first-order chi connectivity index (χ1) is 15.4. The number of hydrogen-bond acceptors (Lipinski definition) is 5. The van der Waals surface area contributed by atoms with Gasteiger partial charge in [-0.05, 0) is 69.4 Å². The number of aliphatic hydroxyl groups is 1. The lowest BCUT2D eigenvalue weighted by Crippen LogP contribution is -2.52. The topological polar surface area (TPSA) is 113 Å². The Morgan fingerprint density at radius 3 is 2.18 bits per heavy atom. The molecule has 0 saturated carbocycles. The smallest absolute Gasteiger partial charge is 0.408 e. The number of aliphatic hydroxyl groups excluding tert-OH is 1. The summed E-state index contributed by atoms with van der Waals surface area (Å²) in [7, 11) is 0. The molecule has 3 N–H and O–H groups in total. The molecule has 7 nitrogen and oxygen atoms in total. The van der Waals surface area contributed by atoms with Gasteiger partial charge in [-0.1, -0.05) is 36.4 Å². The molecule has 0 aliphatic carbocycles. The van der Waals surface area contributed by atoms with Crippen LogP contribution in [-0.4, -0.2) is 46.3 Å². The van der Waals surface area contributed by atoms with E-state index in [0.29, 0.717) is 11.1 Å². The van der Waals surface area contributed by atoms with Gasteiger partial charge in [-0.3, -0.25) is 9.59 Å². The first-order valence-electron chi connectivity index (χ1n) is 10.6. The SMILES string of the molecule is CC(C)(C)OC(=O)N[C@H](Cc1ccc(-c2cccc(F)c2)cc1)C(=O)C(C)(CCO)C(=O)O. The summed E-state index contributed by atoms with van der Waals surface area (Å²) < 4.78 is 18.8. The molecule has 0 saturated heterocycles. The lowest BCUT2D eigenvalue weighted by molar-refractivity contribution is -0.155. The highest BCUT2D eigenvalue weighted by molar-refractivity contribution is 6.06. The lowest BCUT2D eigenvalue weighted by atomic mass is 9.78. The molecule has 0 spiro atoms. The molecule has 8 heteroatoms. The Morgan fingerprint density at radius 2 is 1.67 bits per heavy atom. The fourth-order valence-electron chi connectivity index (χ4n) is 3.34. The number of Topliss-reactive ketones (excluding diaryl/α,β-unsaturated/α-hetero) is 1. The van der Waals surface area contributed by atoms with Crippen molar-refractivity contribution in [2.45, 2.75) is 52.2 Å². The van der Waals surface area contributed by atoms with E-state index in [9.17, 15) is 29.0 Å². The summed E-state index contributed by atoms with van der Waals surface area (Å²) in [6.45, 7) is 5.73. The van der Waals surface area contributed by atoms with Crippen molar-refractivity contribution >= 4 is 17.8 Å². The Labute approximate surface area is 192 Å². The fraction of sp³-hybridized carbons (Fsp3) is 0.400. The van der Waals surface area contributed by atoms with E-state index in [1.807, 2.05) is 0 Å². The standard InChI is InChI=1S/C25H30FNO6/c1-24(2,3)33-23(32)27-20(21(29)25(4,12-13-28)22(30)31)14-16-8-10-17(11-9-16)18-6-5-7-19(26)15-18/h5-11,15,20,28H,12-14H2,1-4H3,(H,27,32)(H,30,31)/t20-,25?/m1/s1. The quantitative estimate of drug-likeness (QED) is 0.489. The molecule has 1 amide bonds. The van der Waals surface area contributed by atoms with Crippen molar-refractivity contribution in [1.29, 1.82) is 0 Å². The maximum Gasteiger partial charge on any atom is 0.408 e. The number of alkyl carbamates (subject to hydrolysis) is 1. The van der Waals surface area contributed by atoms with E-state index in [0.717, 1.165) is 5.56 Å². The van der Waals surface area contributed by atoms with E-state index >= 15 is 0 Å². The van der Waals surface area contributed by atoms with E-state index < -0.39 is 41.5 Å². The van der Waals surface area contributed by atoms with Gasteiger partial charge in [0.25, 0.3) is 0 Å². The Balaban J connectivity index is 2.32. The van der Waals surface area contributed by atoms with Gasteiger partial charge in [-0.25, -0.2) is 9.18 Å². The maximum atomic E-state index is 13.5. The van der Waals surface area contributed by atoms with Crippen molar-refractivity contribution in [1.82, 2.24) is 5.32 Å². The Bertz CT molecular complexity index is 999. The van der Waals surface area contributed by atoms with Crippen LogP contribution in [0.15, 0.2) is 48.5 Å². The van der Waals surface area contributed by atoms with Gasteiger partial charge in [-0.15, -0.1) is 0 Å². The van der Waals surface area contributed by atoms with E-state index in [4.69, 9.17) is 4.74 Å². The normalized spacial score (nSPS) is 14.1. The molecule has 0 fully saturated rings. The molecule has 2 rings (SSSR count). The number of carboxylic acid groups (broad SMARTS) is 1. The summed E-state index contributed by atoms with van der Waals surface area (Å²) in [6.07, 6.45) is -1.14. The first kappa shape index (κ1) is 26.0. The maximum absolute atomic E-state index is 13.5. The van der Waals surface area contributed by atoms with Crippen LogP contribution >= 0.6 is 0 Å². The van der Waals surface area contributed by atoms with Gasteiger partial charge in [0.15, 0.2) is 5.78 Å². The largest absolute Gasteiger partial charge is 0.481 e. The van der Waals surface area contributed by atoms with Gasteiger partial charge in [0.05, 0.1) is 6.04 Å². The molecule has 33 heavy (non-hydrogen) atoms. The minimum atomic E-state index is -1.89. The number of benzene rings is 2. The van der Waals surface area contributed by atoms with Crippen LogP contribution in [0.1, 0.15) is 39.7 Å². The highest BCUT2D eigenvalue weighted by Crippen LogP contribution is 2.27. The summed E-state index contributed by atoms with van der Waals surface area (Å²) in [4.78, 5) is 37.4. The molecule has 2 atom stereocenters. The number of amides is 1. The van der Waals surface area contributed by atoms with Crippen molar-refractivity contribution in [3.63, 3.8) is 0 Å². The van der Waals surface area contributed by atoms with Crippen LogP contribution in [0.5, 0.6) is 0 Å². The Morgan fingerprint density at radius 1 is 1.03 bits per heavy atom. The van der Waals surface area contributed by atoms with E-state index in [2.05, 4.69) is 5.32 Å². The molecule has 178 valence electrons. The van der Waals surface area contributed by atoms with Crippen LogP contribution in [0, 0.1) is 11.2 Å². The van der Waals surface area contributed by atoms with Crippen LogP contribution in [0.2, 0.25) is 0 Å². The molecule has 2 aromatic rings. The number of carbonyl (C=O) groups excluding carboxylic acids is 2. The van der Waals surface area contributed by atoms with E-state index in [1.165, 1.54) is 19.1 Å². The number of ketones is 1. The lowest BCUT2D eigenvalue weighted by Gasteiger charge is -2.29. The van der Waals surface area contributed by atoms with Crippen molar-refractivity contribution in [2.75, 3.05) is 6.61 Å². The molecule has 0 aromatic heterocycles. The zero-order valence-corrected chi connectivity index (χ0v) is 19.2. The van der Waals surface area contributed by atoms with Crippen molar-refractivity contribution in [2.24, 2.45) is 5.41 Å². The number of nitrogens with one attached hydrogen (secondary N) is 1. The zero-order valence-electron chi connectivity index (χ0n) is 19.2. The second kappa shape index (κ2) is 10.6. The fourth-order valence-corrected chi connectivity index (χ4v) is 3.34. The van der Waals surface area contributed by atoms with Crippen LogP contribution in [-0.2, 0) is 20.7 Å².